The minimum Gasteiger partial charge on any atom is -0.463 e. The highest BCUT2D eigenvalue weighted by molar-refractivity contribution is 5.92. The van der Waals surface area contributed by atoms with Crippen LogP contribution in [0.1, 0.15) is 12.0 Å². The zero-order valence-corrected chi connectivity index (χ0v) is 13.0. The number of carbonyl (C=O) groups excluding carboxylic acids is 2. The summed E-state index contributed by atoms with van der Waals surface area (Å²) < 4.78 is 23.1. The number of benzene rings is 2. The monoisotopic (exact) mass is 328 g/mol. The van der Waals surface area contributed by atoms with Gasteiger partial charge >= 0.3 is 11.9 Å². The Morgan fingerprint density at radius 2 is 1.58 bits per heavy atom. The minimum atomic E-state index is -0.846. The van der Waals surface area contributed by atoms with Crippen LogP contribution in [0.2, 0.25) is 0 Å². The molecule has 0 bridgehead atoms. The first-order valence-corrected chi connectivity index (χ1v) is 7.50. The molecule has 2 rings (SSSR count). The molecule has 0 aliphatic rings. The van der Waals surface area contributed by atoms with Gasteiger partial charge in [0.15, 0.2) is 11.6 Å². The average Bonchev–Trinajstić information content (AvgIpc) is 2.60. The van der Waals surface area contributed by atoms with Crippen LogP contribution in [0.25, 0.3) is 0 Å². The van der Waals surface area contributed by atoms with Crippen molar-refractivity contribution in [2.45, 2.75) is 12.8 Å². The van der Waals surface area contributed by atoms with Gasteiger partial charge in [0.1, 0.15) is 0 Å². The Morgan fingerprint density at radius 1 is 0.917 bits per heavy atom. The molecule has 2 aromatic carbocycles. The van der Waals surface area contributed by atoms with Gasteiger partial charge in [-0.3, -0.25) is 0 Å². The smallest absolute Gasteiger partial charge is 0.336 e. The first kappa shape index (κ1) is 17.4. The maximum Gasteiger partial charge on any atom is 0.336 e. The van der Waals surface area contributed by atoms with Crippen molar-refractivity contribution in [3.63, 3.8) is 0 Å². The highest BCUT2D eigenvalue weighted by Crippen LogP contribution is 2.15. The van der Waals surface area contributed by atoms with E-state index in [0.29, 0.717) is 6.42 Å². The van der Waals surface area contributed by atoms with Gasteiger partial charge in [-0.25, -0.2) is 14.0 Å². The predicted molar refractivity (Wildman–Crippen MR) is 86.9 cm³/mol. The summed E-state index contributed by atoms with van der Waals surface area (Å²) in [6, 6.07) is 15.4. The van der Waals surface area contributed by atoms with E-state index in [1.807, 2.05) is 30.3 Å². The van der Waals surface area contributed by atoms with Gasteiger partial charge in [0, 0.05) is 12.2 Å². The molecule has 0 amide bonds. The quantitative estimate of drug-likeness (QED) is 0.338. The van der Waals surface area contributed by atoms with Crippen LogP contribution in [0.5, 0.6) is 5.75 Å². The van der Waals surface area contributed by atoms with Crippen molar-refractivity contribution in [3.8, 4) is 5.75 Å². The molecule has 0 radical (unpaired) electrons. The maximum absolute atomic E-state index is 13.3. The van der Waals surface area contributed by atoms with Gasteiger partial charge < -0.3 is 9.47 Å². The zero-order chi connectivity index (χ0) is 17.2. The molecule has 124 valence electrons. The fraction of sp³-hybridized carbons (Fsp3) is 0.158. The number of ether oxygens (including phenoxy) is 2. The third-order valence-corrected chi connectivity index (χ3v) is 3.10. The van der Waals surface area contributed by atoms with E-state index in [0.717, 1.165) is 24.1 Å². The van der Waals surface area contributed by atoms with Crippen LogP contribution in [0.15, 0.2) is 66.7 Å². The van der Waals surface area contributed by atoms with E-state index < -0.39 is 17.8 Å². The number of hydrogen-bond acceptors (Lipinski definition) is 4. The zero-order valence-electron chi connectivity index (χ0n) is 13.0. The summed E-state index contributed by atoms with van der Waals surface area (Å²) in [6.45, 7) is 0.250. The van der Waals surface area contributed by atoms with Crippen LogP contribution in [0.3, 0.4) is 0 Å². The number of aryl methyl sites for hydroxylation is 1. The molecule has 0 aliphatic carbocycles. The highest BCUT2D eigenvalue weighted by atomic mass is 19.1. The SMILES string of the molecule is O=C(/C=C/C(=O)Oc1ccccc1F)OCCCc1ccccc1. The van der Waals surface area contributed by atoms with Crippen molar-refractivity contribution in [2.75, 3.05) is 6.61 Å². The molecule has 0 saturated heterocycles. The van der Waals surface area contributed by atoms with E-state index in [1.54, 1.807) is 0 Å². The molecule has 0 aromatic heterocycles. The van der Waals surface area contributed by atoms with Gasteiger partial charge in [0.2, 0.25) is 0 Å². The second kappa shape index (κ2) is 9.25. The van der Waals surface area contributed by atoms with Crippen molar-refractivity contribution in [1.82, 2.24) is 0 Å². The van der Waals surface area contributed by atoms with Crippen LogP contribution in [0.4, 0.5) is 4.39 Å². The van der Waals surface area contributed by atoms with Gasteiger partial charge in [-0.1, -0.05) is 42.5 Å². The predicted octanol–water partition coefficient (Wildman–Crippen LogP) is 3.46. The third-order valence-electron chi connectivity index (χ3n) is 3.10. The van der Waals surface area contributed by atoms with E-state index >= 15 is 0 Å². The van der Waals surface area contributed by atoms with Gasteiger partial charge in [-0.2, -0.15) is 0 Å². The largest absolute Gasteiger partial charge is 0.463 e. The van der Waals surface area contributed by atoms with Crippen LogP contribution < -0.4 is 4.74 Å². The van der Waals surface area contributed by atoms with Gasteiger partial charge in [-0.05, 0) is 30.5 Å². The number of halogens is 1. The molecule has 5 heteroatoms. The lowest BCUT2D eigenvalue weighted by Crippen LogP contribution is -2.08. The number of hydrogen-bond donors (Lipinski definition) is 0. The molecule has 0 spiro atoms. The third kappa shape index (κ3) is 6.04. The Labute approximate surface area is 139 Å². The van der Waals surface area contributed by atoms with E-state index in [2.05, 4.69) is 0 Å². The van der Waals surface area contributed by atoms with Gasteiger partial charge in [0.05, 0.1) is 6.61 Å². The van der Waals surface area contributed by atoms with Gasteiger partial charge in [-0.15, -0.1) is 0 Å². The summed E-state index contributed by atoms with van der Waals surface area (Å²) >= 11 is 0. The van der Waals surface area contributed by atoms with E-state index in [-0.39, 0.29) is 12.4 Å². The molecule has 0 fully saturated rings. The summed E-state index contributed by atoms with van der Waals surface area (Å²) in [7, 11) is 0. The molecule has 0 heterocycles. The van der Waals surface area contributed by atoms with Crippen LogP contribution in [-0.4, -0.2) is 18.5 Å². The summed E-state index contributed by atoms with van der Waals surface area (Å²) in [5.41, 5.74) is 1.16. The van der Waals surface area contributed by atoms with Gasteiger partial charge in [0.25, 0.3) is 0 Å². The van der Waals surface area contributed by atoms with Crippen LogP contribution >= 0.6 is 0 Å². The van der Waals surface area contributed by atoms with Crippen molar-refractivity contribution < 1.29 is 23.5 Å². The Hall–Kier alpha value is -2.95. The Morgan fingerprint density at radius 3 is 2.33 bits per heavy atom. The highest BCUT2D eigenvalue weighted by Gasteiger charge is 2.06. The molecule has 4 nitrogen and oxygen atoms in total. The standard InChI is InChI=1S/C19H17FO4/c20-16-10-4-5-11-17(16)24-19(22)13-12-18(21)23-14-6-9-15-7-2-1-3-8-15/h1-5,7-8,10-13H,6,9,14H2/b13-12+. The Balaban J connectivity index is 1.68. The Kier molecular flexibility index (Phi) is 6.71. The second-order valence-corrected chi connectivity index (χ2v) is 4.94. The lowest BCUT2D eigenvalue weighted by molar-refractivity contribution is -0.138. The number of rotatable bonds is 7. The lowest BCUT2D eigenvalue weighted by Gasteiger charge is -2.03. The van der Waals surface area contributed by atoms with Crippen LogP contribution in [0, 0.1) is 5.82 Å². The lowest BCUT2D eigenvalue weighted by atomic mass is 10.1. The minimum absolute atomic E-state index is 0.191. The first-order valence-electron chi connectivity index (χ1n) is 7.50. The van der Waals surface area contributed by atoms with Crippen molar-refractivity contribution in [1.29, 1.82) is 0 Å². The van der Waals surface area contributed by atoms with E-state index in [9.17, 15) is 14.0 Å². The summed E-state index contributed by atoms with van der Waals surface area (Å²) in [6.07, 6.45) is 3.36. The van der Waals surface area contributed by atoms with E-state index in [1.165, 1.54) is 24.3 Å². The maximum atomic E-state index is 13.3. The average molecular weight is 328 g/mol. The topological polar surface area (TPSA) is 52.6 Å². The first-order chi connectivity index (χ1) is 11.6. The van der Waals surface area contributed by atoms with Crippen LogP contribution in [-0.2, 0) is 20.7 Å². The molecule has 0 atom stereocenters. The summed E-state index contributed by atoms with van der Waals surface area (Å²) in [5, 5.41) is 0. The fourth-order valence-corrected chi connectivity index (χ4v) is 1.95. The summed E-state index contributed by atoms with van der Waals surface area (Å²) in [5.74, 6) is -2.33. The molecule has 0 unspecified atom stereocenters. The molecule has 0 saturated carbocycles. The normalized spacial score (nSPS) is 10.5. The number of carbonyl (C=O) groups is 2. The second-order valence-electron chi connectivity index (χ2n) is 4.94. The van der Waals surface area contributed by atoms with E-state index in [4.69, 9.17) is 9.47 Å². The molecule has 24 heavy (non-hydrogen) atoms. The molecular formula is C19H17FO4. The number of esters is 2. The Bertz CT molecular complexity index is 710. The number of para-hydroxylation sites is 1. The molecule has 0 aliphatic heterocycles. The fourth-order valence-electron chi connectivity index (χ4n) is 1.95. The molecule has 2 aromatic rings. The van der Waals surface area contributed by atoms with Crippen molar-refractivity contribution in [3.05, 3.63) is 78.1 Å². The van der Waals surface area contributed by atoms with Crippen molar-refractivity contribution >= 4 is 11.9 Å². The summed E-state index contributed by atoms with van der Waals surface area (Å²) in [4.78, 5) is 23.0. The van der Waals surface area contributed by atoms with Crippen molar-refractivity contribution in [2.24, 2.45) is 0 Å². The molecular weight excluding hydrogens is 311 g/mol. The molecule has 0 N–H and O–H groups in total.